The molecule has 0 aromatic carbocycles. The first kappa shape index (κ1) is 9.88. The molecule has 0 heterocycles. The summed E-state index contributed by atoms with van der Waals surface area (Å²) in [6, 6.07) is 0. The Morgan fingerprint density at radius 3 is 1.50 bits per heavy atom. The number of hydrogen-bond donors (Lipinski definition) is 2. The average Bonchev–Trinajstić information content (AvgIpc) is 0.722. The third-order valence-electron chi connectivity index (χ3n) is 0. The molecule has 0 aromatic rings. The van der Waals surface area contributed by atoms with E-state index in [-0.39, 0.29) is 23.1 Å². The minimum absolute atomic E-state index is 0. The van der Waals surface area contributed by atoms with Gasteiger partial charge in [-0.3, -0.25) is 4.55 Å². The van der Waals surface area contributed by atoms with Gasteiger partial charge in [0.25, 0.3) is 0 Å². The highest BCUT2D eigenvalue weighted by Gasteiger charge is 1.84. The van der Waals surface area contributed by atoms with Crippen LogP contribution in [-0.2, 0) is 11.0 Å². The Bertz CT molecular complexity index is 57.7. The zero-order valence-corrected chi connectivity index (χ0v) is 2.95. The fraction of sp³-hybridized carbons (Fsp3) is 0. The van der Waals surface area contributed by atoms with Crippen LogP contribution in [0, 0.1) is 0 Å². The predicted octanol–water partition coefficient (Wildman–Crippen LogP) is -0.671. The highest BCUT2D eigenvalue weighted by molar-refractivity contribution is 7.87. The Morgan fingerprint density at radius 1 is 1.50 bits per heavy atom. The van der Waals surface area contributed by atoms with E-state index in [1.165, 1.54) is 0 Å². The normalized spacial score (nSPS) is 12.5. The van der Waals surface area contributed by atoms with Gasteiger partial charge in [0.15, 0.2) is 0 Å². The topological polar surface area (TPSA) is 37.3 Å². The molecule has 38 valence electrons. The summed E-state index contributed by atoms with van der Waals surface area (Å²) in [6.07, 6.45) is 0. The van der Waals surface area contributed by atoms with Gasteiger partial charge >= 0.3 is 23.1 Å². The Balaban J connectivity index is 0. The molecule has 0 rings (SSSR count). The summed E-state index contributed by atoms with van der Waals surface area (Å²) in [5, 5.41) is 0. The van der Waals surface area contributed by atoms with Crippen molar-refractivity contribution in [2.45, 2.75) is 0 Å². The van der Waals surface area contributed by atoms with Gasteiger partial charge in [0.05, 0.1) is 11.0 Å². The summed E-state index contributed by atoms with van der Waals surface area (Å²) in [5.74, 6) is 0. The van der Waals surface area contributed by atoms with Crippen LogP contribution in [0.4, 0.5) is 7.77 Å². The van der Waals surface area contributed by atoms with Crippen molar-refractivity contribution in [3.8, 4) is 0 Å². The molecule has 0 saturated heterocycles. The summed E-state index contributed by atoms with van der Waals surface area (Å²) in [4.78, 5) is 0. The second-order valence-electron chi connectivity index (χ2n) is 0.435. The lowest BCUT2D eigenvalue weighted by atomic mass is 15.9. The van der Waals surface area contributed by atoms with Crippen LogP contribution in [0.3, 0.4) is 0 Å². The SMILES string of the molecule is O=[SH](O)(F)F.[MgH2]. The molecule has 6 heteroatoms. The van der Waals surface area contributed by atoms with Crippen LogP contribution in [-0.4, -0.2) is 31.8 Å². The van der Waals surface area contributed by atoms with Gasteiger partial charge in [0.1, 0.15) is 0 Å². The third kappa shape index (κ3) is 122. The maximum atomic E-state index is 10.1. The summed E-state index contributed by atoms with van der Waals surface area (Å²) in [7, 11) is -5.64. The van der Waals surface area contributed by atoms with Crippen LogP contribution < -0.4 is 0 Å². The minimum Gasteiger partial charge on any atom is -0.258 e. The van der Waals surface area contributed by atoms with E-state index in [9.17, 15) is 7.77 Å². The first-order chi connectivity index (χ1) is 2.00. The van der Waals surface area contributed by atoms with E-state index in [1.807, 2.05) is 0 Å². The van der Waals surface area contributed by atoms with Gasteiger partial charge in [-0.05, 0) is 0 Å². The third-order valence-corrected chi connectivity index (χ3v) is 0. The van der Waals surface area contributed by atoms with Crippen LogP contribution in [0.5, 0.6) is 0 Å². The molecule has 0 fully saturated rings. The lowest BCUT2D eigenvalue weighted by molar-refractivity contribution is 0.433. The second kappa shape index (κ2) is 2.84. The van der Waals surface area contributed by atoms with Crippen molar-refractivity contribution in [1.29, 1.82) is 0 Å². The fourth-order valence-corrected chi connectivity index (χ4v) is 0. The fourth-order valence-electron chi connectivity index (χ4n) is 0. The Kier molecular flexibility index (Phi) is 4.67. The maximum Gasteiger partial charge on any atom is 0.316 e. The highest BCUT2D eigenvalue weighted by atomic mass is 32.3. The molecule has 0 atom stereocenters. The van der Waals surface area contributed by atoms with Gasteiger partial charge < -0.3 is 0 Å². The van der Waals surface area contributed by atoms with Gasteiger partial charge in [0, 0.05) is 0 Å². The van der Waals surface area contributed by atoms with Crippen molar-refractivity contribution in [3.63, 3.8) is 0 Å². The molecule has 0 spiro atoms. The Labute approximate surface area is 50.9 Å². The Morgan fingerprint density at radius 2 is 1.50 bits per heavy atom. The standard InChI is InChI=1S/F2H2O2S.Mg.2H/c1-5(2,3)4;;;/h5H,(H,3,4);;;. The van der Waals surface area contributed by atoms with Gasteiger partial charge in [-0.1, -0.05) is 7.77 Å². The van der Waals surface area contributed by atoms with Crippen molar-refractivity contribution in [1.82, 2.24) is 0 Å². The molecule has 2 nitrogen and oxygen atoms in total. The molecule has 0 unspecified atom stereocenters. The van der Waals surface area contributed by atoms with Gasteiger partial charge in [-0.25, -0.2) is 0 Å². The molecule has 0 amide bonds. The van der Waals surface area contributed by atoms with Crippen LogP contribution in [0.2, 0.25) is 0 Å². The van der Waals surface area contributed by atoms with Crippen LogP contribution in [0.15, 0.2) is 0 Å². The van der Waals surface area contributed by atoms with Crippen LogP contribution in [0.25, 0.3) is 0 Å². The van der Waals surface area contributed by atoms with Crippen molar-refractivity contribution in [2.24, 2.45) is 0 Å². The number of thiol groups is 1. The summed E-state index contributed by atoms with van der Waals surface area (Å²) >= 11 is 0. The van der Waals surface area contributed by atoms with Crippen LogP contribution in [0.1, 0.15) is 0 Å². The maximum absolute atomic E-state index is 10.1. The van der Waals surface area contributed by atoms with E-state index in [4.69, 9.17) is 8.76 Å². The summed E-state index contributed by atoms with van der Waals surface area (Å²) < 4.78 is 35.4. The molecular formula is H4F2MgO2S. The molecule has 0 aliphatic rings. The van der Waals surface area contributed by atoms with Gasteiger partial charge in [-0.15, -0.1) is 0 Å². The van der Waals surface area contributed by atoms with Gasteiger partial charge in [-0.2, -0.15) is 4.21 Å². The molecule has 0 radical (unpaired) electrons. The molecule has 0 aliphatic heterocycles. The zero-order chi connectivity index (χ0) is 4.50. The quantitative estimate of drug-likeness (QED) is 0.259. The minimum atomic E-state index is -5.64. The smallest absolute Gasteiger partial charge is 0.258 e. The second-order valence-corrected chi connectivity index (χ2v) is 1.30. The van der Waals surface area contributed by atoms with E-state index in [0.717, 1.165) is 0 Å². The van der Waals surface area contributed by atoms with Gasteiger partial charge in [0.2, 0.25) is 0 Å². The van der Waals surface area contributed by atoms with Crippen molar-refractivity contribution in [3.05, 3.63) is 0 Å². The number of halogens is 2. The van der Waals surface area contributed by atoms with Crippen molar-refractivity contribution < 1.29 is 16.5 Å². The van der Waals surface area contributed by atoms with Crippen molar-refractivity contribution in [2.75, 3.05) is 0 Å². The van der Waals surface area contributed by atoms with Crippen LogP contribution >= 0.6 is 0 Å². The largest absolute Gasteiger partial charge is 0.316 e. The summed E-state index contributed by atoms with van der Waals surface area (Å²) in [5.41, 5.74) is 0. The number of hydrogen-bond acceptors (Lipinski definition) is 1. The molecule has 0 aromatic heterocycles. The average molecular weight is 130 g/mol. The molecule has 0 bridgehead atoms. The van der Waals surface area contributed by atoms with E-state index in [0.29, 0.717) is 0 Å². The first-order valence-electron chi connectivity index (χ1n) is 0.721. The van der Waals surface area contributed by atoms with E-state index in [2.05, 4.69) is 0 Å². The molecule has 1 N–H and O–H groups in total. The lowest BCUT2D eigenvalue weighted by Crippen LogP contribution is -1.85. The van der Waals surface area contributed by atoms with E-state index in [1.54, 1.807) is 0 Å². The number of rotatable bonds is 0. The zero-order valence-electron chi connectivity index (χ0n) is 2.06. The molecule has 0 aliphatic carbocycles. The summed E-state index contributed by atoms with van der Waals surface area (Å²) in [6.45, 7) is 0. The van der Waals surface area contributed by atoms with Crippen molar-refractivity contribution >= 4 is 34.0 Å². The first-order valence-corrected chi connectivity index (χ1v) is 2.16. The monoisotopic (exact) mass is 130 g/mol. The molecule has 6 heavy (non-hydrogen) atoms. The van der Waals surface area contributed by atoms with E-state index >= 15 is 0 Å². The molecule has 0 saturated carbocycles. The molecular weight excluding hydrogens is 126 g/mol. The van der Waals surface area contributed by atoms with E-state index < -0.39 is 11.0 Å². The highest BCUT2D eigenvalue weighted by Crippen LogP contribution is 1.96. The Hall–Kier alpha value is 0.736. The lowest BCUT2D eigenvalue weighted by Gasteiger charge is -1.91. The predicted molar refractivity (Wildman–Crippen MR) is 22.9 cm³/mol.